The molecule has 0 saturated carbocycles. The first-order valence-corrected chi connectivity index (χ1v) is 4.97. The summed E-state index contributed by atoms with van der Waals surface area (Å²) in [5.41, 5.74) is 1.30. The van der Waals surface area contributed by atoms with Gasteiger partial charge < -0.3 is 10.2 Å². The van der Waals surface area contributed by atoms with Crippen molar-refractivity contribution in [2.45, 2.75) is 13.3 Å². The summed E-state index contributed by atoms with van der Waals surface area (Å²) in [5, 5.41) is 25.9. The van der Waals surface area contributed by atoms with Gasteiger partial charge in [0.1, 0.15) is 5.75 Å². The SMILES string of the molecule is CC(Cc1[nH]nc2cccc(O)c12)C(=O)O. The number of fused-ring (bicyclic) bond motifs is 1. The minimum absolute atomic E-state index is 0.124. The van der Waals surface area contributed by atoms with Crippen LogP contribution in [0.4, 0.5) is 0 Å². The van der Waals surface area contributed by atoms with E-state index in [1.807, 2.05) is 0 Å². The van der Waals surface area contributed by atoms with Crippen LogP contribution < -0.4 is 0 Å². The molecule has 84 valence electrons. The maximum absolute atomic E-state index is 10.7. The summed E-state index contributed by atoms with van der Waals surface area (Å²) in [5.74, 6) is -1.25. The lowest BCUT2D eigenvalue weighted by molar-refractivity contribution is -0.141. The third-order valence-electron chi connectivity index (χ3n) is 2.57. The van der Waals surface area contributed by atoms with Gasteiger partial charge in [-0.3, -0.25) is 9.89 Å². The second kappa shape index (κ2) is 3.84. The Balaban J connectivity index is 2.42. The first kappa shape index (κ1) is 10.5. The van der Waals surface area contributed by atoms with Gasteiger partial charge in [0.2, 0.25) is 0 Å². The van der Waals surface area contributed by atoms with Gasteiger partial charge in [-0.15, -0.1) is 0 Å². The number of aromatic amines is 1. The Morgan fingerprint density at radius 2 is 2.31 bits per heavy atom. The van der Waals surface area contributed by atoms with Crippen LogP contribution in [0.15, 0.2) is 18.2 Å². The molecule has 1 aromatic heterocycles. The van der Waals surface area contributed by atoms with Crippen LogP contribution in [0.3, 0.4) is 0 Å². The number of nitrogens with one attached hydrogen (secondary N) is 1. The predicted molar refractivity (Wildman–Crippen MR) is 58.3 cm³/mol. The van der Waals surface area contributed by atoms with Crippen molar-refractivity contribution in [1.29, 1.82) is 0 Å². The second-order valence-corrected chi connectivity index (χ2v) is 3.82. The number of aromatic hydroxyl groups is 1. The number of carboxylic acid groups (broad SMARTS) is 1. The fraction of sp³-hybridized carbons (Fsp3) is 0.273. The molecule has 0 saturated heterocycles. The van der Waals surface area contributed by atoms with Crippen molar-refractivity contribution in [2.24, 2.45) is 5.92 Å². The van der Waals surface area contributed by atoms with Crippen LogP contribution in [-0.4, -0.2) is 26.4 Å². The number of phenolic OH excluding ortho intramolecular Hbond substituents is 1. The fourth-order valence-corrected chi connectivity index (χ4v) is 1.66. The van der Waals surface area contributed by atoms with Crippen LogP contribution in [-0.2, 0) is 11.2 Å². The van der Waals surface area contributed by atoms with Crippen LogP contribution in [0.5, 0.6) is 5.75 Å². The van der Waals surface area contributed by atoms with Crippen LogP contribution in [0, 0.1) is 5.92 Å². The minimum Gasteiger partial charge on any atom is -0.507 e. The zero-order chi connectivity index (χ0) is 11.7. The highest BCUT2D eigenvalue weighted by Crippen LogP contribution is 2.27. The average molecular weight is 220 g/mol. The normalized spacial score (nSPS) is 12.8. The Morgan fingerprint density at radius 1 is 1.56 bits per heavy atom. The Morgan fingerprint density at radius 3 is 3.00 bits per heavy atom. The molecule has 0 amide bonds. The highest BCUT2D eigenvalue weighted by Gasteiger charge is 2.16. The summed E-state index contributed by atoms with van der Waals surface area (Å²) in [6.45, 7) is 1.62. The van der Waals surface area contributed by atoms with Crippen LogP contribution in [0.25, 0.3) is 10.9 Å². The highest BCUT2D eigenvalue weighted by molar-refractivity contribution is 5.87. The molecule has 5 heteroatoms. The molecule has 1 heterocycles. The third kappa shape index (κ3) is 1.71. The van der Waals surface area contributed by atoms with Crippen molar-refractivity contribution in [1.82, 2.24) is 10.2 Å². The average Bonchev–Trinajstić information content (AvgIpc) is 2.63. The molecule has 0 aliphatic heterocycles. The third-order valence-corrected chi connectivity index (χ3v) is 2.57. The Kier molecular flexibility index (Phi) is 2.52. The van der Waals surface area contributed by atoms with Gasteiger partial charge >= 0.3 is 5.97 Å². The van der Waals surface area contributed by atoms with Crippen molar-refractivity contribution in [3.05, 3.63) is 23.9 Å². The standard InChI is InChI=1S/C11H12N2O3/c1-6(11(15)16)5-8-10-7(12-13-8)3-2-4-9(10)14/h2-4,6,14H,5H2,1H3,(H,12,13)(H,15,16). The van der Waals surface area contributed by atoms with Crippen LogP contribution >= 0.6 is 0 Å². The number of hydrogen-bond acceptors (Lipinski definition) is 3. The molecule has 0 aliphatic carbocycles. The maximum atomic E-state index is 10.7. The molecule has 5 nitrogen and oxygen atoms in total. The monoisotopic (exact) mass is 220 g/mol. The van der Waals surface area contributed by atoms with Crippen molar-refractivity contribution in [2.75, 3.05) is 0 Å². The number of aromatic nitrogens is 2. The molecular formula is C11H12N2O3. The van der Waals surface area contributed by atoms with Gasteiger partial charge in [-0.2, -0.15) is 5.10 Å². The minimum atomic E-state index is -0.863. The summed E-state index contributed by atoms with van der Waals surface area (Å²) < 4.78 is 0. The molecule has 16 heavy (non-hydrogen) atoms. The van der Waals surface area contributed by atoms with E-state index in [0.29, 0.717) is 23.0 Å². The number of hydrogen-bond donors (Lipinski definition) is 3. The molecule has 1 unspecified atom stereocenters. The van der Waals surface area contributed by atoms with Gasteiger partial charge in [-0.1, -0.05) is 13.0 Å². The molecule has 0 bridgehead atoms. The van der Waals surface area contributed by atoms with E-state index in [1.165, 1.54) is 0 Å². The number of carboxylic acids is 1. The van der Waals surface area contributed by atoms with E-state index in [-0.39, 0.29) is 5.75 Å². The largest absolute Gasteiger partial charge is 0.507 e. The topological polar surface area (TPSA) is 86.2 Å². The number of H-pyrrole nitrogens is 1. The van der Waals surface area contributed by atoms with Gasteiger partial charge in [0.05, 0.1) is 16.8 Å². The number of carbonyl (C=O) groups is 1. The Bertz CT molecular complexity index is 533. The first-order chi connectivity index (χ1) is 7.59. The Labute approximate surface area is 91.7 Å². The number of aliphatic carboxylic acids is 1. The van der Waals surface area contributed by atoms with E-state index in [4.69, 9.17) is 5.11 Å². The molecule has 0 spiro atoms. The first-order valence-electron chi connectivity index (χ1n) is 4.97. The van der Waals surface area contributed by atoms with E-state index in [9.17, 15) is 9.90 Å². The number of rotatable bonds is 3. The smallest absolute Gasteiger partial charge is 0.306 e. The van der Waals surface area contributed by atoms with Gasteiger partial charge in [-0.05, 0) is 12.1 Å². The molecule has 0 fully saturated rings. The molecule has 2 aromatic rings. The zero-order valence-corrected chi connectivity index (χ0v) is 8.77. The van der Waals surface area contributed by atoms with Gasteiger partial charge in [0.25, 0.3) is 0 Å². The summed E-state index contributed by atoms with van der Waals surface area (Å²) in [7, 11) is 0. The van der Waals surface area contributed by atoms with Crippen molar-refractivity contribution < 1.29 is 15.0 Å². The number of nitrogens with zero attached hydrogens (tertiary/aromatic N) is 1. The lowest BCUT2D eigenvalue weighted by Crippen LogP contribution is -2.12. The molecule has 0 aliphatic rings. The summed E-state index contributed by atoms with van der Waals surface area (Å²) in [6, 6.07) is 5.02. The second-order valence-electron chi connectivity index (χ2n) is 3.82. The van der Waals surface area contributed by atoms with Crippen LogP contribution in [0.2, 0.25) is 0 Å². The predicted octanol–water partition coefficient (Wildman–Crippen LogP) is 1.53. The lowest BCUT2D eigenvalue weighted by Gasteiger charge is -2.04. The molecular weight excluding hydrogens is 208 g/mol. The molecule has 3 N–H and O–H groups in total. The van der Waals surface area contributed by atoms with Gasteiger partial charge in [0.15, 0.2) is 0 Å². The van der Waals surface area contributed by atoms with E-state index in [2.05, 4.69) is 10.2 Å². The lowest BCUT2D eigenvalue weighted by atomic mass is 10.0. The molecule has 1 atom stereocenters. The summed E-state index contributed by atoms with van der Waals surface area (Å²) >= 11 is 0. The Hall–Kier alpha value is -2.04. The van der Waals surface area contributed by atoms with Crippen molar-refractivity contribution in [3.8, 4) is 5.75 Å². The molecule has 0 radical (unpaired) electrons. The quantitative estimate of drug-likeness (QED) is 0.732. The van der Waals surface area contributed by atoms with Gasteiger partial charge in [0, 0.05) is 12.1 Å². The molecule has 1 aromatic carbocycles. The number of benzene rings is 1. The maximum Gasteiger partial charge on any atom is 0.306 e. The van der Waals surface area contributed by atoms with E-state index in [1.54, 1.807) is 25.1 Å². The fourth-order valence-electron chi connectivity index (χ4n) is 1.66. The van der Waals surface area contributed by atoms with Crippen LogP contribution in [0.1, 0.15) is 12.6 Å². The highest BCUT2D eigenvalue weighted by atomic mass is 16.4. The van der Waals surface area contributed by atoms with Gasteiger partial charge in [-0.25, -0.2) is 0 Å². The summed E-state index contributed by atoms with van der Waals surface area (Å²) in [6.07, 6.45) is 0.323. The van der Waals surface area contributed by atoms with E-state index < -0.39 is 11.9 Å². The number of phenols is 1. The van der Waals surface area contributed by atoms with E-state index in [0.717, 1.165) is 0 Å². The van der Waals surface area contributed by atoms with Crippen molar-refractivity contribution >= 4 is 16.9 Å². The van der Waals surface area contributed by atoms with E-state index >= 15 is 0 Å². The summed E-state index contributed by atoms with van der Waals surface area (Å²) in [4.78, 5) is 10.7. The molecule has 2 rings (SSSR count). The van der Waals surface area contributed by atoms with Crippen molar-refractivity contribution in [3.63, 3.8) is 0 Å². The zero-order valence-electron chi connectivity index (χ0n) is 8.77.